The lowest BCUT2D eigenvalue weighted by atomic mass is 10.3. The van der Waals surface area contributed by atoms with E-state index in [2.05, 4.69) is 0 Å². The van der Waals surface area contributed by atoms with Crippen molar-refractivity contribution in [1.29, 1.82) is 0 Å². The largest absolute Gasteiger partial charge is 0.383 e. The first-order chi connectivity index (χ1) is 5.22. The van der Waals surface area contributed by atoms with Gasteiger partial charge in [-0.2, -0.15) is 0 Å². The zero-order chi connectivity index (χ0) is 8.69. The van der Waals surface area contributed by atoms with Crippen LogP contribution in [-0.4, -0.2) is 45.0 Å². The summed E-state index contributed by atoms with van der Waals surface area (Å²) in [6, 6.07) is 0.246. The Labute approximate surface area is 68.2 Å². The Hall–Kier alpha value is -0.160. The van der Waals surface area contributed by atoms with E-state index in [1.165, 1.54) is 0 Å². The standard InChI is InChI=1S/C7H18N2O2/c1-7(6-11-3)9(8)4-5-10-2/h7H,4-6,8H2,1-3H3. The molecule has 0 amide bonds. The van der Waals surface area contributed by atoms with Crippen molar-refractivity contribution in [1.82, 2.24) is 5.01 Å². The van der Waals surface area contributed by atoms with E-state index in [9.17, 15) is 0 Å². The molecule has 0 saturated heterocycles. The number of ether oxygens (including phenoxy) is 2. The first-order valence-electron chi connectivity index (χ1n) is 3.71. The van der Waals surface area contributed by atoms with Gasteiger partial charge in [-0.1, -0.05) is 0 Å². The number of hydrazine groups is 1. The van der Waals surface area contributed by atoms with Crippen LogP contribution < -0.4 is 5.84 Å². The zero-order valence-electron chi connectivity index (χ0n) is 7.54. The number of rotatable bonds is 6. The maximum absolute atomic E-state index is 5.66. The van der Waals surface area contributed by atoms with Crippen molar-refractivity contribution in [2.75, 3.05) is 34.0 Å². The second-order valence-corrected chi connectivity index (χ2v) is 2.53. The molecule has 0 rings (SSSR count). The van der Waals surface area contributed by atoms with Gasteiger partial charge in [0.1, 0.15) is 0 Å². The van der Waals surface area contributed by atoms with E-state index in [4.69, 9.17) is 15.3 Å². The normalized spacial score (nSPS) is 13.9. The molecule has 0 fully saturated rings. The number of methoxy groups -OCH3 is 2. The van der Waals surface area contributed by atoms with Crippen LogP contribution in [0.1, 0.15) is 6.92 Å². The Kier molecular flexibility index (Phi) is 6.45. The third-order valence-electron chi connectivity index (χ3n) is 1.53. The fraction of sp³-hybridized carbons (Fsp3) is 1.00. The molecule has 11 heavy (non-hydrogen) atoms. The van der Waals surface area contributed by atoms with Gasteiger partial charge >= 0.3 is 0 Å². The summed E-state index contributed by atoms with van der Waals surface area (Å²) in [4.78, 5) is 0. The van der Waals surface area contributed by atoms with Crippen LogP contribution in [0.2, 0.25) is 0 Å². The molecule has 0 spiro atoms. The summed E-state index contributed by atoms with van der Waals surface area (Å²) in [6.45, 7) is 4.06. The van der Waals surface area contributed by atoms with Gasteiger partial charge in [0.05, 0.1) is 13.2 Å². The molecule has 0 heterocycles. The minimum atomic E-state index is 0.246. The topological polar surface area (TPSA) is 47.7 Å². The highest BCUT2D eigenvalue weighted by Gasteiger charge is 2.07. The lowest BCUT2D eigenvalue weighted by Crippen LogP contribution is -2.43. The maximum Gasteiger partial charge on any atom is 0.0629 e. The van der Waals surface area contributed by atoms with Crippen LogP contribution in [0.5, 0.6) is 0 Å². The van der Waals surface area contributed by atoms with Gasteiger partial charge in [0.25, 0.3) is 0 Å². The molecule has 0 saturated carbocycles. The second kappa shape index (κ2) is 6.54. The van der Waals surface area contributed by atoms with E-state index in [-0.39, 0.29) is 6.04 Å². The number of hydrogen-bond donors (Lipinski definition) is 1. The quantitative estimate of drug-likeness (QED) is 0.435. The Morgan fingerprint density at radius 1 is 1.36 bits per heavy atom. The van der Waals surface area contributed by atoms with Crippen LogP contribution in [0.4, 0.5) is 0 Å². The van der Waals surface area contributed by atoms with Gasteiger partial charge < -0.3 is 9.47 Å². The molecular weight excluding hydrogens is 144 g/mol. The predicted octanol–water partition coefficient (Wildman–Crippen LogP) is -0.157. The smallest absolute Gasteiger partial charge is 0.0629 e. The molecule has 68 valence electrons. The molecule has 1 atom stereocenters. The van der Waals surface area contributed by atoms with Crippen LogP contribution in [0.15, 0.2) is 0 Å². The molecule has 0 aliphatic rings. The van der Waals surface area contributed by atoms with Crippen molar-refractivity contribution in [2.24, 2.45) is 5.84 Å². The van der Waals surface area contributed by atoms with Crippen molar-refractivity contribution in [3.05, 3.63) is 0 Å². The summed E-state index contributed by atoms with van der Waals surface area (Å²) in [5, 5.41) is 1.72. The average Bonchev–Trinajstić information content (AvgIpc) is 2.00. The number of nitrogens with two attached hydrogens (primary N) is 1. The molecule has 4 nitrogen and oxygen atoms in total. The molecule has 2 N–H and O–H groups in total. The summed E-state index contributed by atoms with van der Waals surface area (Å²) in [7, 11) is 3.33. The first kappa shape index (κ1) is 10.8. The summed E-state index contributed by atoms with van der Waals surface area (Å²) >= 11 is 0. The van der Waals surface area contributed by atoms with Crippen molar-refractivity contribution in [3.63, 3.8) is 0 Å². The highest BCUT2D eigenvalue weighted by Crippen LogP contribution is 1.91. The van der Waals surface area contributed by atoms with Crippen LogP contribution in [0, 0.1) is 0 Å². The first-order valence-corrected chi connectivity index (χ1v) is 3.71. The van der Waals surface area contributed by atoms with Gasteiger partial charge in [-0.05, 0) is 6.92 Å². The SMILES string of the molecule is COCCN(N)C(C)COC. The van der Waals surface area contributed by atoms with Crippen molar-refractivity contribution < 1.29 is 9.47 Å². The molecule has 0 bridgehead atoms. The minimum absolute atomic E-state index is 0.246. The monoisotopic (exact) mass is 162 g/mol. The van der Waals surface area contributed by atoms with Crippen molar-refractivity contribution in [3.8, 4) is 0 Å². The average molecular weight is 162 g/mol. The van der Waals surface area contributed by atoms with Crippen LogP contribution in [-0.2, 0) is 9.47 Å². The third kappa shape index (κ3) is 5.15. The van der Waals surface area contributed by atoms with Crippen molar-refractivity contribution >= 4 is 0 Å². The highest BCUT2D eigenvalue weighted by atomic mass is 16.5. The van der Waals surface area contributed by atoms with Crippen LogP contribution >= 0.6 is 0 Å². The summed E-state index contributed by atoms with van der Waals surface area (Å²) in [5.41, 5.74) is 0. The molecule has 0 aliphatic carbocycles. The third-order valence-corrected chi connectivity index (χ3v) is 1.53. The van der Waals surface area contributed by atoms with E-state index in [1.807, 2.05) is 6.92 Å². The molecule has 4 heteroatoms. The Balaban J connectivity index is 3.38. The number of hydrogen-bond acceptors (Lipinski definition) is 4. The molecular formula is C7H18N2O2. The molecule has 0 aliphatic heterocycles. The van der Waals surface area contributed by atoms with Gasteiger partial charge in [0.2, 0.25) is 0 Å². The van der Waals surface area contributed by atoms with Crippen LogP contribution in [0.3, 0.4) is 0 Å². The number of nitrogens with zero attached hydrogens (tertiary/aromatic N) is 1. The predicted molar refractivity (Wildman–Crippen MR) is 44.1 cm³/mol. The van der Waals surface area contributed by atoms with E-state index in [1.54, 1.807) is 19.2 Å². The zero-order valence-corrected chi connectivity index (χ0v) is 7.54. The van der Waals surface area contributed by atoms with Gasteiger partial charge in [0, 0.05) is 26.8 Å². The molecule has 0 aromatic carbocycles. The maximum atomic E-state index is 5.66. The van der Waals surface area contributed by atoms with E-state index >= 15 is 0 Å². The highest BCUT2D eigenvalue weighted by molar-refractivity contribution is 4.58. The summed E-state index contributed by atoms with van der Waals surface area (Å²) in [6.07, 6.45) is 0. The van der Waals surface area contributed by atoms with Crippen LogP contribution in [0.25, 0.3) is 0 Å². The summed E-state index contributed by atoms with van der Waals surface area (Å²) in [5.74, 6) is 5.66. The Morgan fingerprint density at radius 3 is 2.45 bits per heavy atom. The molecule has 0 aromatic heterocycles. The Bertz CT molecular complexity index is 90.5. The van der Waals surface area contributed by atoms with Gasteiger partial charge in [-0.25, -0.2) is 5.01 Å². The van der Waals surface area contributed by atoms with E-state index in [0.717, 1.165) is 6.54 Å². The minimum Gasteiger partial charge on any atom is -0.383 e. The van der Waals surface area contributed by atoms with Gasteiger partial charge in [-0.15, -0.1) is 0 Å². The lowest BCUT2D eigenvalue weighted by molar-refractivity contribution is 0.0754. The molecule has 1 unspecified atom stereocenters. The van der Waals surface area contributed by atoms with E-state index < -0.39 is 0 Å². The fourth-order valence-electron chi connectivity index (χ4n) is 0.754. The van der Waals surface area contributed by atoms with Gasteiger partial charge in [0.15, 0.2) is 0 Å². The summed E-state index contributed by atoms with van der Waals surface area (Å²) < 4.78 is 9.82. The fourth-order valence-corrected chi connectivity index (χ4v) is 0.754. The lowest BCUT2D eigenvalue weighted by Gasteiger charge is -2.22. The molecule has 0 aromatic rings. The van der Waals surface area contributed by atoms with E-state index in [0.29, 0.717) is 13.2 Å². The van der Waals surface area contributed by atoms with Gasteiger partial charge in [-0.3, -0.25) is 5.84 Å². The second-order valence-electron chi connectivity index (χ2n) is 2.53. The molecule has 0 radical (unpaired) electrons. The Morgan fingerprint density at radius 2 is 2.00 bits per heavy atom. The van der Waals surface area contributed by atoms with Crippen molar-refractivity contribution in [2.45, 2.75) is 13.0 Å².